The van der Waals surface area contributed by atoms with Crippen molar-refractivity contribution < 1.29 is 28.2 Å². The van der Waals surface area contributed by atoms with Crippen LogP contribution in [0.5, 0.6) is 0 Å². The molecular weight excluding hydrogens is 423 g/mol. The third-order valence-corrected chi connectivity index (χ3v) is 5.58. The summed E-state index contributed by atoms with van der Waals surface area (Å²) >= 11 is 0. The molecule has 1 aliphatic rings. The van der Waals surface area contributed by atoms with Crippen molar-refractivity contribution in [2.75, 3.05) is 31.3 Å². The molecule has 0 spiro atoms. The van der Waals surface area contributed by atoms with Gasteiger partial charge >= 0.3 is 11.9 Å². The molecular formula is C20H29FN6O5. The van der Waals surface area contributed by atoms with E-state index in [2.05, 4.69) is 20.3 Å². The number of nitrogens with one attached hydrogen (secondary N) is 1. The van der Waals surface area contributed by atoms with Crippen LogP contribution in [-0.2, 0) is 23.8 Å². The zero-order chi connectivity index (χ0) is 23.4. The lowest BCUT2D eigenvalue weighted by molar-refractivity contribution is -0.162. The maximum absolute atomic E-state index is 13.9. The van der Waals surface area contributed by atoms with E-state index in [4.69, 9.17) is 19.9 Å². The van der Waals surface area contributed by atoms with Crippen LogP contribution in [0.15, 0.2) is 6.33 Å². The Bertz CT molecular complexity index is 967. The van der Waals surface area contributed by atoms with Gasteiger partial charge in [0.15, 0.2) is 17.0 Å². The number of fused-ring (bicyclic) bond motifs is 1. The molecule has 0 bridgehead atoms. The van der Waals surface area contributed by atoms with Gasteiger partial charge in [-0.3, -0.25) is 14.2 Å². The standard InChI is InChI=1S/C20H29FN6O5/c1-5-15(28)31-8-13(10(2)11(3)21)19(29)32-12-6-14(30-7-12)27-9-24-16-17(23-4)25-20(22)26-18(16)27/h9-14H,5-8H2,1-4H3,(H3,22,23,25,26)/t10-,11+,12?,13-,14+/m0/s1. The molecule has 0 radical (unpaired) electrons. The minimum Gasteiger partial charge on any atom is -0.465 e. The van der Waals surface area contributed by atoms with Crippen molar-refractivity contribution in [3.8, 4) is 0 Å². The van der Waals surface area contributed by atoms with Crippen molar-refractivity contribution in [1.82, 2.24) is 19.5 Å². The SMILES string of the molecule is CCC(=O)OC[C@H](C(=O)OC1CO[C@@H](n2cnc3c(NC)nc(N)nc32)C1)[C@@H](C)[C@@H](C)F. The molecule has 1 unspecified atom stereocenters. The van der Waals surface area contributed by atoms with Gasteiger partial charge in [-0.2, -0.15) is 9.97 Å². The topological polar surface area (TPSA) is 143 Å². The predicted octanol–water partition coefficient (Wildman–Crippen LogP) is 1.84. The van der Waals surface area contributed by atoms with Gasteiger partial charge in [-0.15, -0.1) is 0 Å². The van der Waals surface area contributed by atoms with Crippen LogP contribution in [0.1, 0.15) is 39.8 Å². The number of anilines is 2. The summed E-state index contributed by atoms with van der Waals surface area (Å²) < 4.78 is 32.1. The smallest absolute Gasteiger partial charge is 0.313 e. The molecule has 5 atom stereocenters. The Morgan fingerprint density at radius 3 is 2.81 bits per heavy atom. The van der Waals surface area contributed by atoms with Crippen LogP contribution in [0, 0.1) is 11.8 Å². The summed E-state index contributed by atoms with van der Waals surface area (Å²) in [4.78, 5) is 37.0. The number of aromatic nitrogens is 4. The number of hydrogen-bond donors (Lipinski definition) is 2. The summed E-state index contributed by atoms with van der Waals surface area (Å²) in [5, 5.41) is 2.92. The van der Waals surface area contributed by atoms with E-state index >= 15 is 0 Å². The van der Waals surface area contributed by atoms with Crippen molar-refractivity contribution in [1.29, 1.82) is 0 Å². The summed E-state index contributed by atoms with van der Waals surface area (Å²) in [6, 6.07) is 0. The lowest BCUT2D eigenvalue weighted by Gasteiger charge is -2.24. The number of hydrogen-bond acceptors (Lipinski definition) is 10. The minimum absolute atomic E-state index is 0.0865. The lowest BCUT2D eigenvalue weighted by atomic mass is 9.91. The largest absolute Gasteiger partial charge is 0.465 e. The van der Waals surface area contributed by atoms with Crippen LogP contribution in [-0.4, -0.2) is 64.0 Å². The van der Waals surface area contributed by atoms with Crippen LogP contribution in [0.25, 0.3) is 11.2 Å². The second-order valence-electron chi connectivity index (χ2n) is 7.77. The molecule has 12 heteroatoms. The number of alkyl halides is 1. The zero-order valence-electron chi connectivity index (χ0n) is 18.6. The third kappa shape index (κ3) is 5.06. The Morgan fingerprint density at radius 2 is 2.16 bits per heavy atom. The Balaban J connectivity index is 1.69. The van der Waals surface area contributed by atoms with Crippen molar-refractivity contribution in [2.24, 2.45) is 11.8 Å². The van der Waals surface area contributed by atoms with E-state index in [1.807, 2.05) is 0 Å². The summed E-state index contributed by atoms with van der Waals surface area (Å²) in [5.74, 6) is -2.10. The maximum atomic E-state index is 13.9. The van der Waals surface area contributed by atoms with Gasteiger partial charge in [0.1, 0.15) is 25.1 Å². The number of carbonyl (C=O) groups excluding carboxylic acids is 2. The number of carbonyl (C=O) groups is 2. The highest BCUT2D eigenvalue weighted by Gasteiger charge is 2.36. The number of nitrogens with zero attached hydrogens (tertiary/aromatic N) is 4. The first-order valence-electron chi connectivity index (χ1n) is 10.5. The van der Waals surface area contributed by atoms with E-state index in [0.29, 0.717) is 23.4 Å². The highest BCUT2D eigenvalue weighted by molar-refractivity contribution is 5.84. The molecule has 0 aliphatic carbocycles. The van der Waals surface area contributed by atoms with Crippen molar-refractivity contribution in [3.63, 3.8) is 0 Å². The highest BCUT2D eigenvalue weighted by atomic mass is 19.1. The summed E-state index contributed by atoms with van der Waals surface area (Å²) in [6.45, 7) is 4.51. The normalized spacial score (nSPS) is 21.2. The molecule has 176 valence electrons. The number of rotatable bonds is 9. The monoisotopic (exact) mass is 452 g/mol. The molecule has 0 saturated carbocycles. The van der Waals surface area contributed by atoms with Gasteiger partial charge in [-0.25, -0.2) is 9.37 Å². The van der Waals surface area contributed by atoms with Gasteiger partial charge < -0.3 is 25.3 Å². The van der Waals surface area contributed by atoms with Crippen molar-refractivity contribution >= 4 is 34.9 Å². The fourth-order valence-corrected chi connectivity index (χ4v) is 3.46. The van der Waals surface area contributed by atoms with Gasteiger partial charge in [0.05, 0.1) is 18.9 Å². The average molecular weight is 452 g/mol. The van der Waals surface area contributed by atoms with Gasteiger partial charge in [0.2, 0.25) is 5.95 Å². The number of nitrogen functional groups attached to an aromatic ring is 1. The summed E-state index contributed by atoms with van der Waals surface area (Å²) in [5.41, 5.74) is 6.81. The number of ether oxygens (including phenoxy) is 3. The fraction of sp³-hybridized carbons (Fsp3) is 0.650. The number of imidazole rings is 1. The number of halogens is 1. The average Bonchev–Trinajstić information content (AvgIpc) is 3.39. The van der Waals surface area contributed by atoms with Gasteiger partial charge in [0, 0.05) is 25.8 Å². The van der Waals surface area contributed by atoms with Crippen molar-refractivity contribution in [3.05, 3.63) is 6.33 Å². The van der Waals surface area contributed by atoms with Crippen LogP contribution >= 0.6 is 0 Å². The highest BCUT2D eigenvalue weighted by Crippen LogP contribution is 2.31. The minimum atomic E-state index is -1.27. The lowest BCUT2D eigenvalue weighted by Crippen LogP contribution is -2.35. The van der Waals surface area contributed by atoms with Gasteiger partial charge in [-0.05, 0) is 6.92 Å². The van der Waals surface area contributed by atoms with Gasteiger partial charge in [0.25, 0.3) is 0 Å². The Morgan fingerprint density at radius 1 is 1.41 bits per heavy atom. The Kier molecular flexibility index (Phi) is 7.44. The first-order chi connectivity index (χ1) is 15.2. The van der Waals surface area contributed by atoms with Gasteiger partial charge in [-0.1, -0.05) is 13.8 Å². The van der Waals surface area contributed by atoms with E-state index in [9.17, 15) is 14.0 Å². The van der Waals surface area contributed by atoms with E-state index in [1.54, 1.807) is 31.8 Å². The quantitative estimate of drug-likeness (QED) is 0.541. The molecule has 2 aromatic rings. The molecule has 3 N–H and O–H groups in total. The molecule has 1 saturated heterocycles. The van der Waals surface area contributed by atoms with Crippen LogP contribution in [0.4, 0.5) is 16.2 Å². The van der Waals surface area contributed by atoms with E-state index in [0.717, 1.165) is 0 Å². The molecule has 0 amide bonds. The van der Waals surface area contributed by atoms with E-state index in [-0.39, 0.29) is 25.6 Å². The molecule has 11 nitrogen and oxygen atoms in total. The van der Waals surface area contributed by atoms with E-state index < -0.39 is 42.3 Å². The third-order valence-electron chi connectivity index (χ3n) is 5.58. The molecule has 3 rings (SSSR count). The molecule has 0 aromatic carbocycles. The van der Waals surface area contributed by atoms with E-state index in [1.165, 1.54) is 6.92 Å². The fourth-order valence-electron chi connectivity index (χ4n) is 3.46. The molecule has 1 fully saturated rings. The molecule has 1 aliphatic heterocycles. The Labute approximate surface area is 184 Å². The second-order valence-corrected chi connectivity index (χ2v) is 7.77. The number of esters is 2. The second kappa shape index (κ2) is 10.1. The molecule has 2 aromatic heterocycles. The Hall–Kier alpha value is -3.02. The predicted molar refractivity (Wildman–Crippen MR) is 113 cm³/mol. The molecule has 32 heavy (non-hydrogen) atoms. The first-order valence-corrected chi connectivity index (χ1v) is 10.5. The maximum Gasteiger partial charge on any atom is 0.313 e. The van der Waals surface area contributed by atoms with Crippen LogP contribution < -0.4 is 11.1 Å². The summed E-state index contributed by atoms with van der Waals surface area (Å²) in [6.07, 6.45) is -0.234. The van der Waals surface area contributed by atoms with Crippen molar-refractivity contribution in [2.45, 2.75) is 52.1 Å². The zero-order valence-corrected chi connectivity index (χ0v) is 18.6. The first kappa shape index (κ1) is 23.6. The number of nitrogens with two attached hydrogens (primary N) is 1. The summed E-state index contributed by atoms with van der Waals surface area (Å²) in [7, 11) is 1.70. The molecule has 3 heterocycles. The van der Waals surface area contributed by atoms with Crippen LogP contribution in [0.3, 0.4) is 0 Å². The van der Waals surface area contributed by atoms with Crippen LogP contribution in [0.2, 0.25) is 0 Å².